The second-order valence-corrected chi connectivity index (χ2v) is 5.33. The maximum atomic E-state index is 12.1. The molecule has 0 N–H and O–H groups in total. The summed E-state index contributed by atoms with van der Waals surface area (Å²) in [4.78, 5) is 24.4. The molecule has 1 amide bonds. The number of rotatable bonds is 2. The molecule has 102 valence electrons. The third-order valence-corrected chi connectivity index (χ3v) is 3.75. The molecular weight excluding hydrogens is 244 g/mol. The van der Waals surface area contributed by atoms with Gasteiger partial charge in [-0.25, -0.2) is 9.97 Å². The second kappa shape index (κ2) is 4.77. The Morgan fingerprint density at radius 1 is 1.37 bits per heavy atom. The van der Waals surface area contributed by atoms with Crippen LogP contribution in [0.3, 0.4) is 0 Å². The van der Waals surface area contributed by atoms with Crippen LogP contribution in [0, 0.1) is 5.92 Å². The molecule has 1 aromatic heterocycles. The molecule has 2 bridgehead atoms. The third-order valence-electron chi connectivity index (χ3n) is 3.75. The van der Waals surface area contributed by atoms with E-state index in [-0.39, 0.29) is 24.0 Å². The molecule has 3 heterocycles. The second-order valence-electron chi connectivity index (χ2n) is 5.33. The van der Waals surface area contributed by atoms with Gasteiger partial charge in [-0.1, -0.05) is 0 Å². The van der Waals surface area contributed by atoms with Gasteiger partial charge in [-0.05, 0) is 12.5 Å². The number of hydrogen-bond acceptors (Lipinski definition) is 5. The van der Waals surface area contributed by atoms with Gasteiger partial charge in [0.1, 0.15) is 0 Å². The smallest absolute Gasteiger partial charge is 0.227 e. The van der Waals surface area contributed by atoms with Crippen LogP contribution in [0.4, 0.5) is 5.95 Å². The lowest BCUT2D eigenvalue weighted by molar-refractivity contribution is -0.134. The first-order chi connectivity index (χ1) is 9.15. The topological polar surface area (TPSA) is 58.6 Å². The van der Waals surface area contributed by atoms with Gasteiger partial charge in [-0.2, -0.15) is 0 Å². The van der Waals surface area contributed by atoms with E-state index in [4.69, 9.17) is 4.74 Å². The van der Waals surface area contributed by atoms with E-state index in [2.05, 4.69) is 14.9 Å². The zero-order chi connectivity index (χ0) is 13.4. The maximum Gasteiger partial charge on any atom is 0.227 e. The molecule has 0 saturated carbocycles. The van der Waals surface area contributed by atoms with Crippen molar-refractivity contribution in [3.63, 3.8) is 0 Å². The quantitative estimate of drug-likeness (QED) is 0.760. The molecule has 0 aliphatic carbocycles. The lowest BCUT2D eigenvalue weighted by atomic mass is 9.99. The number of anilines is 1. The molecule has 2 aliphatic heterocycles. The van der Waals surface area contributed by atoms with Gasteiger partial charge in [0.2, 0.25) is 11.9 Å². The minimum atomic E-state index is -0.0440. The third kappa shape index (κ3) is 2.28. The van der Waals surface area contributed by atoms with E-state index in [1.807, 2.05) is 0 Å². The Morgan fingerprint density at radius 2 is 2.11 bits per heavy atom. The first-order valence-electron chi connectivity index (χ1n) is 6.53. The minimum Gasteiger partial charge on any atom is -0.370 e. The van der Waals surface area contributed by atoms with Crippen LogP contribution in [0.1, 0.15) is 6.42 Å². The van der Waals surface area contributed by atoms with Crippen molar-refractivity contribution in [3.05, 3.63) is 18.5 Å². The van der Waals surface area contributed by atoms with E-state index in [0.717, 1.165) is 18.9 Å². The predicted molar refractivity (Wildman–Crippen MR) is 69.7 cm³/mol. The van der Waals surface area contributed by atoms with E-state index in [1.54, 1.807) is 37.5 Å². The van der Waals surface area contributed by atoms with Crippen LogP contribution in [0.2, 0.25) is 0 Å². The first kappa shape index (κ1) is 12.3. The number of carbonyl (C=O) groups is 1. The fraction of sp³-hybridized carbons (Fsp3) is 0.615. The average molecular weight is 262 g/mol. The number of carbonyl (C=O) groups excluding carboxylic acids is 1. The average Bonchev–Trinajstić information content (AvgIpc) is 2.73. The standard InChI is InChI=1S/C13H18N4O2/c1-16(2)12(18)10-6-9-7-17(8-11(10)19-9)13-14-4-3-5-15-13/h3-5,9-11H,6-8H2,1-2H3/t9-,10+,11-/m0/s1. The Morgan fingerprint density at radius 3 is 2.79 bits per heavy atom. The van der Waals surface area contributed by atoms with Crippen molar-refractivity contribution < 1.29 is 9.53 Å². The Hall–Kier alpha value is -1.69. The molecule has 1 aromatic rings. The summed E-state index contributed by atoms with van der Waals surface area (Å²) in [5, 5.41) is 0. The van der Waals surface area contributed by atoms with Gasteiger partial charge in [0.05, 0.1) is 18.1 Å². The van der Waals surface area contributed by atoms with Gasteiger partial charge in [-0.3, -0.25) is 4.79 Å². The molecule has 6 nitrogen and oxygen atoms in total. The van der Waals surface area contributed by atoms with E-state index in [9.17, 15) is 4.79 Å². The molecule has 0 spiro atoms. The number of amides is 1. The molecular formula is C13H18N4O2. The molecule has 3 rings (SSSR count). The molecule has 19 heavy (non-hydrogen) atoms. The lowest BCUT2D eigenvalue weighted by Gasteiger charge is -2.32. The predicted octanol–water partition coefficient (Wildman–Crippen LogP) is 0.158. The van der Waals surface area contributed by atoms with Crippen molar-refractivity contribution >= 4 is 11.9 Å². The number of morpholine rings is 1. The van der Waals surface area contributed by atoms with Crippen molar-refractivity contribution in [1.82, 2.24) is 14.9 Å². The Kier molecular flexibility index (Phi) is 3.10. The molecule has 3 atom stereocenters. The normalized spacial score (nSPS) is 29.4. The lowest BCUT2D eigenvalue weighted by Crippen LogP contribution is -2.46. The molecule has 6 heteroatoms. The number of nitrogens with zero attached hydrogens (tertiary/aromatic N) is 4. The Labute approximate surface area is 112 Å². The van der Waals surface area contributed by atoms with Crippen LogP contribution in [0.25, 0.3) is 0 Å². The van der Waals surface area contributed by atoms with Crippen LogP contribution < -0.4 is 4.90 Å². The Balaban J connectivity index is 1.75. The summed E-state index contributed by atoms with van der Waals surface area (Å²) < 4.78 is 5.89. The van der Waals surface area contributed by atoms with Crippen LogP contribution in [-0.2, 0) is 9.53 Å². The van der Waals surface area contributed by atoms with Gasteiger partial charge in [0.15, 0.2) is 0 Å². The molecule has 2 aliphatic rings. The highest BCUT2D eigenvalue weighted by atomic mass is 16.5. The summed E-state index contributed by atoms with van der Waals surface area (Å²) in [5.41, 5.74) is 0. The van der Waals surface area contributed by atoms with Gasteiger partial charge >= 0.3 is 0 Å². The Bertz CT molecular complexity index is 465. The summed E-state index contributed by atoms with van der Waals surface area (Å²) in [6, 6.07) is 1.80. The van der Waals surface area contributed by atoms with Crippen LogP contribution in [-0.4, -0.2) is 60.2 Å². The molecule has 0 radical (unpaired) electrons. The first-order valence-corrected chi connectivity index (χ1v) is 6.53. The van der Waals surface area contributed by atoms with Crippen molar-refractivity contribution in [3.8, 4) is 0 Å². The van der Waals surface area contributed by atoms with Crippen LogP contribution in [0.5, 0.6) is 0 Å². The van der Waals surface area contributed by atoms with Gasteiger partial charge in [0.25, 0.3) is 0 Å². The zero-order valence-electron chi connectivity index (χ0n) is 11.2. The SMILES string of the molecule is CN(C)C(=O)[C@@H]1C[C@H]2CN(c3ncccn3)C[C@@H]1O2. The highest BCUT2D eigenvalue weighted by molar-refractivity contribution is 5.79. The van der Waals surface area contributed by atoms with Gasteiger partial charge < -0.3 is 14.5 Å². The maximum absolute atomic E-state index is 12.1. The van der Waals surface area contributed by atoms with Crippen LogP contribution >= 0.6 is 0 Å². The largest absolute Gasteiger partial charge is 0.370 e. The number of hydrogen-bond donors (Lipinski definition) is 0. The highest BCUT2D eigenvalue weighted by Crippen LogP contribution is 2.33. The van der Waals surface area contributed by atoms with Crippen molar-refractivity contribution in [2.75, 3.05) is 32.1 Å². The molecule has 0 unspecified atom stereocenters. The molecule has 0 aromatic carbocycles. The fourth-order valence-electron chi connectivity index (χ4n) is 2.87. The van der Waals surface area contributed by atoms with Crippen molar-refractivity contribution in [2.45, 2.75) is 18.6 Å². The van der Waals surface area contributed by atoms with E-state index < -0.39 is 0 Å². The fourth-order valence-corrected chi connectivity index (χ4v) is 2.87. The van der Waals surface area contributed by atoms with E-state index in [1.165, 1.54) is 0 Å². The number of fused-ring (bicyclic) bond motifs is 2. The minimum absolute atomic E-state index is 0.0336. The molecule has 2 fully saturated rings. The zero-order valence-corrected chi connectivity index (χ0v) is 11.2. The highest BCUT2D eigenvalue weighted by Gasteiger charge is 2.45. The molecule has 2 saturated heterocycles. The van der Waals surface area contributed by atoms with Crippen LogP contribution in [0.15, 0.2) is 18.5 Å². The number of aromatic nitrogens is 2. The summed E-state index contributed by atoms with van der Waals surface area (Å²) in [6.07, 6.45) is 4.34. The van der Waals surface area contributed by atoms with E-state index in [0.29, 0.717) is 6.54 Å². The summed E-state index contributed by atoms with van der Waals surface area (Å²) >= 11 is 0. The summed E-state index contributed by atoms with van der Waals surface area (Å²) in [5.74, 6) is 0.843. The summed E-state index contributed by atoms with van der Waals surface area (Å²) in [7, 11) is 3.59. The van der Waals surface area contributed by atoms with Gasteiger partial charge in [0, 0.05) is 39.6 Å². The monoisotopic (exact) mass is 262 g/mol. The van der Waals surface area contributed by atoms with Gasteiger partial charge in [-0.15, -0.1) is 0 Å². The van der Waals surface area contributed by atoms with E-state index >= 15 is 0 Å². The number of ether oxygens (including phenoxy) is 1. The van der Waals surface area contributed by atoms with Crippen molar-refractivity contribution in [2.24, 2.45) is 5.92 Å². The summed E-state index contributed by atoms with van der Waals surface area (Å²) in [6.45, 7) is 1.45. The van der Waals surface area contributed by atoms with Crippen molar-refractivity contribution in [1.29, 1.82) is 0 Å².